The van der Waals surface area contributed by atoms with Crippen LogP contribution in [0.4, 0.5) is 0 Å². The minimum Gasteiger partial charge on any atom is -0.394 e. The van der Waals surface area contributed by atoms with Crippen molar-refractivity contribution in [3.05, 3.63) is 0 Å². The first-order valence-corrected chi connectivity index (χ1v) is 3.56. The monoisotopic (exact) mass is 165 g/mol. The molecule has 1 fully saturated rings. The molecule has 10 heavy (non-hydrogen) atoms. The zero-order chi connectivity index (χ0) is 7.72. The average Bonchev–Trinajstić information content (AvgIpc) is 2.17. The van der Waals surface area contributed by atoms with Crippen LogP contribution in [0.25, 0.3) is 0 Å². The molecule has 0 aliphatic carbocycles. The third-order valence-corrected chi connectivity index (χ3v) is 2.21. The number of aliphatic hydroxyl groups is 2. The molecular formula is C5H11NO3S. The highest BCUT2D eigenvalue weighted by molar-refractivity contribution is 7.81. The van der Waals surface area contributed by atoms with Gasteiger partial charge in [-0.3, -0.25) is 0 Å². The summed E-state index contributed by atoms with van der Waals surface area (Å²) >= 11 is 3.98. The molecule has 1 rings (SSSR count). The van der Waals surface area contributed by atoms with Crippen LogP contribution in [0.2, 0.25) is 0 Å². The van der Waals surface area contributed by atoms with Crippen molar-refractivity contribution in [3.8, 4) is 0 Å². The third-order valence-electron chi connectivity index (χ3n) is 1.61. The number of rotatable bonds is 1. The molecule has 1 aliphatic rings. The maximum Gasteiger partial charge on any atom is 0.168 e. The number of aliphatic hydroxyl groups excluding tert-OH is 2. The molecule has 5 heteroatoms. The highest BCUT2D eigenvalue weighted by atomic mass is 32.1. The van der Waals surface area contributed by atoms with Gasteiger partial charge in [0.1, 0.15) is 6.10 Å². The molecule has 60 valence electrons. The maximum absolute atomic E-state index is 8.98. The maximum atomic E-state index is 8.98. The van der Waals surface area contributed by atoms with E-state index in [-0.39, 0.29) is 12.6 Å². The molecule has 0 amide bonds. The Hall–Kier alpha value is 0.190. The van der Waals surface area contributed by atoms with Crippen LogP contribution >= 0.6 is 12.6 Å². The SMILES string of the molecule is N[C@H]1[C@@H](S)[C@@H](O)O[C@@H]1CO. The van der Waals surface area contributed by atoms with Crippen molar-refractivity contribution in [1.29, 1.82) is 0 Å². The zero-order valence-electron chi connectivity index (χ0n) is 5.34. The van der Waals surface area contributed by atoms with E-state index in [4.69, 9.17) is 20.7 Å². The molecule has 0 saturated carbocycles. The van der Waals surface area contributed by atoms with Gasteiger partial charge in [0.15, 0.2) is 6.29 Å². The third kappa shape index (κ3) is 1.28. The molecule has 4 atom stereocenters. The van der Waals surface area contributed by atoms with E-state index in [0.29, 0.717) is 0 Å². The largest absolute Gasteiger partial charge is 0.394 e. The van der Waals surface area contributed by atoms with Gasteiger partial charge >= 0.3 is 0 Å². The molecule has 1 aliphatic heterocycles. The van der Waals surface area contributed by atoms with E-state index in [1.54, 1.807) is 0 Å². The summed E-state index contributed by atoms with van der Waals surface area (Å²) in [5.41, 5.74) is 5.50. The fourth-order valence-corrected chi connectivity index (χ4v) is 1.19. The van der Waals surface area contributed by atoms with Gasteiger partial charge in [-0.25, -0.2) is 0 Å². The lowest BCUT2D eigenvalue weighted by molar-refractivity contribution is -0.0998. The van der Waals surface area contributed by atoms with Crippen molar-refractivity contribution in [1.82, 2.24) is 0 Å². The summed E-state index contributed by atoms with van der Waals surface area (Å²) in [4.78, 5) is 0. The molecular weight excluding hydrogens is 154 g/mol. The molecule has 0 bridgehead atoms. The van der Waals surface area contributed by atoms with E-state index in [1.807, 2.05) is 0 Å². The van der Waals surface area contributed by atoms with Gasteiger partial charge in [0.05, 0.1) is 11.9 Å². The van der Waals surface area contributed by atoms with Crippen LogP contribution in [0, 0.1) is 0 Å². The number of hydrogen-bond acceptors (Lipinski definition) is 5. The Morgan fingerprint density at radius 3 is 2.40 bits per heavy atom. The van der Waals surface area contributed by atoms with Gasteiger partial charge in [-0.15, -0.1) is 0 Å². The number of thiol groups is 1. The Balaban J connectivity index is 2.53. The second-order valence-corrected chi connectivity index (χ2v) is 2.91. The second kappa shape index (κ2) is 3.06. The van der Waals surface area contributed by atoms with Gasteiger partial charge in [-0.1, -0.05) is 0 Å². The number of ether oxygens (including phenoxy) is 1. The van der Waals surface area contributed by atoms with Crippen molar-refractivity contribution in [2.24, 2.45) is 5.73 Å². The van der Waals surface area contributed by atoms with E-state index in [9.17, 15) is 0 Å². The van der Waals surface area contributed by atoms with E-state index >= 15 is 0 Å². The standard InChI is InChI=1S/C5H11NO3S/c6-3-2(1-7)9-5(8)4(3)10/h2-5,7-8,10H,1,6H2/t2-,3-,4-,5+/m1/s1. The van der Waals surface area contributed by atoms with Gasteiger partial charge in [0.2, 0.25) is 0 Å². The van der Waals surface area contributed by atoms with Crippen molar-refractivity contribution >= 4 is 12.6 Å². The second-order valence-electron chi connectivity index (χ2n) is 2.32. The van der Waals surface area contributed by atoms with Crippen molar-refractivity contribution in [3.63, 3.8) is 0 Å². The summed E-state index contributed by atoms with van der Waals surface area (Å²) in [6, 6.07) is -0.386. The Labute approximate surface area is 64.4 Å². The van der Waals surface area contributed by atoms with Crippen LogP contribution in [0.1, 0.15) is 0 Å². The summed E-state index contributed by atoms with van der Waals surface area (Å²) in [5, 5.41) is 17.2. The smallest absolute Gasteiger partial charge is 0.168 e. The van der Waals surface area contributed by atoms with Crippen LogP contribution in [-0.2, 0) is 4.74 Å². The molecule has 1 saturated heterocycles. The quantitative estimate of drug-likeness (QED) is 0.350. The molecule has 0 aromatic rings. The minimum absolute atomic E-state index is 0.171. The van der Waals surface area contributed by atoms with Crippen molar-refractivity contribution < 1.29 is 14.9 Å². The van der Waals surface area contributed by atoms with Gasteiger partial charge < -0.3 is 20.7 Å². The molecule has 4 N–H and O–H groups in total. The normalized spacial score (nSPS) is 48.0. The summed E-state index contributed by atoms with van der Waals surface area (Å²) in [5.74, 6) is 0. The summed E-state index contributed by atoms with van der Waals surface area (Å²) in [7, 11) is 0. The molecule has 0 aromatic carbocycles. The summed E-state index contributed by atoms with van der Waals surface area (Å²) in [6.45, 7) is -0.171. The van der Waals surface area contributed by atoms with Gasteiger partial charge in [-0.05, 0) is 0 Å². The molecule has 0 spiro atoms. The topological polar surface area (TPSA) is 75.7 Å². The highest BCUT2D eigenvalue weighted by Gasteiger charge is 2.38. The molecule has 0 unspecified atom stereocenters. The summed E-state index contributed by atoms with van der Waals surface area (Å²) < 4.78 is 4.84. The van der Waals surface area contributed by atoms with E-state index in [2.05, 4.69) is 12.6 Å². The lowest BCUT2D eigenvalue weighted by Crippen LogP contribution is -2.39. The lowest BCUT2D eigenvalue weighted by atomic mass is 10.1. The van der Waals surface area contributed by atoms with Crippen LogP contribution in [0.15, 0.2) is 0 Å². The minimum atomic E-state index is -0.949. The first kappa shape index (κ1) is 8.29. The molecule has 1 heterocycles. The first-order chi connectivity index (χ1) is 4.66. The van der Waals surface area contributed by atoms with E-state index < -0.39 is 17.6 Å². The average molecular weight is 165 g/mol. The predicted molar refractivity (Wildman–Crippen MR) is 38.7 cm³/mol. The van der Waals surface area contributed by atoms with Crippen molar-refractivity contribution in [2.75, 3.05) is 6.61 Å². The van der Waals surface area contributed by atoms with E-state index in [1.165, 1.54) is 0 Å². The van der Waals surface area contributed by atoms with Gasteiger partial charge in [0.25, 0.3) is 0 Å². The van der Waals surface area contributed by atoms with Gasteiger partial charge in [-0.2, -0.15) is 12.6 Å². The number of hydrogen-bond donors (Lipinski definition) is 4. The van der Waals surface area contributed by atoms with Crippen LogP contribution < -0.4 is 5.73 Å². The van der Waals surface area contributed by atoms with Gasteiger partial charge in [0, 0.05) is 6.04 Å². The zero-order valence-corrected chi connectivity index (χ0v) is 6.24. The lowest BCUT2D eigenvalue weighted by Gasteiger charge is -2.11. The summed E-state index contributed by atoms with van der Waals surface area (Å²) in [6.07, 6.45) is -1.42. The number of nitrogens with two attached hydrogens (primary N) is 1. The Morgan fingerprint density at radius 1 is 1.60 bits per heavy atom. The fraction of sp³-hybridized carbons (Fsp3) is 1.00. The Bertz CT molecular complexity index is 123. The molecule has 0 radical (unpaired) electrons. The van der Waals surface area contributed by atoms with E-state index in [0.717, 1.165) is 0 Å². The Morgan fingerprint density at radius 2 is 2.20 bits per heavy atom. The van der Waals surface area contributed by atoms with Crippen LogP contribution in [0.5, 0.6) is 0 Å². The van der Waals surface area contributed by atoms with Crippen LogP contribution in [0.3, 0.4) is 0 Å². The Kier molecular flexibility index (Phi) is 2.54. The fourth-order valence-electron chi connectivity index (χ4n) is 0.925. The van der Waals surface area contributed by atoms with Crippen molar-refractivity contribution in [2.45, 2.75) is 23.7 Å². The first-order valence-electron chi connectivity index (χ1n) is 3.05. The molecule has 4 nitrogen and oxygen atoms in total. The highest BCUT2D eigenvalue weighted by Crippen LogP contribution is 2.21. The van der Waals surface area contributed by atoms with Crippen LogP contribution in [-0.4, -0.2) is 40.5 Å². The predicted octanol–water partition coefficient (Wildman–Crippen LogP) is -1.68. The molecule has 0 aromatic heterocycles.